The van der Waals surface area contributed by atoms with Gasteiger partial charge in [-0.3, -0.25) is 4.79 Å². The van der Waals surface area contributed by atoms with E-state index in [1.807, 2.05) is 60.0 Å². The Kier molecular flexibility index (Phi) is 4.12. The van der Waals surface area contributed by atoms with E-state index in [1.165, 1.54) is 16.9 Å². The highest BCUT2D eigenvalue weighted by atomic mass is 32.1. The van der Waals surface area contributed by atoms with E-state index in [2.05, 4.69) is 17.4 Å². The quantitative estimate of drug-likeness (QED) is 0.697. The third kappa shape index (κ3) is 3.20. The molecule has 0 atom stereocenters. The SMILES string of the molecule is O=C(c1cccs1)c1ccccc1NCc1ccccc1. The number of anilines is 1. The summed E-state index contributed by atoms with van der Waals surface area (Å²) in [6.45, 7) is 0.704. The molecule has 3 aromatic rings. The number of nitrogens with one attached hydrogen (secondary N) is 1. The zero-order valence-corrected chi connectivity index (χ0v) is 12.3. The largest absolute Gasteiger partial charge is 0.380 e. The van der Waals surface area contributed by atoms with Crippen LogP contribution in [0.5, 0.6) is 0 Å². The molecule has 0 fully saturated rings. The summed E-state index contributed by atoms with van der Waals surface area (Å²) in [4.78, 5) is 13.3. The molecule has 1 heterocycles. The lowest BCUT2D eigenvalue weighted by molar-refractivity contribution is 0.104. The Balaban J connectivity index is 1.81. The molecule has 104 valence electrons. The van der Waals surface area contributed by atoms with Crippen LogP contribution >= 0.6 is 11.3 Å². The van der Waals surface area contributed by atoms with Crippen LogP contribution in [0.2, 0.25) is 0 Å². The number of para-hydroxylation sites is 1. The smallest absolute Gasteiger partial charge is 0.205 e. The van der Waals surface area contributed by atoms with E-state index in [1.54, 1.807) is 0 Å². The molecular weight excluding hydrogens is 278 g/mol. The van der Waals surface area contributed by atoms with Crippen LogP contribution in [0.15, 0.2) is 72.1 Å². The van der Waals surface area contributed by atoms with Crippen LogP contribution in [0.25, 0.3) is 0 Å². The number of hydrogen-bond donors (Lipinski definition) is 1. The minimum atomic E-state index is 0.0705. The molecule has 0 aliphatic heterocycles. The van der Waals surface area contributed by atoms with Crippen molar-refractivity contribution < 1.29 is 4.79 Å². The predicted octanol–water partition coefficient (Wildman–Crippen LogP) is 4.59. The van der Waals surface area contributed by atoms with Gasteiger partial charge in [0.15, 0.2) is 0 Å². The lowest BCUT2D eigenvalue weighted by atomic mass is 10.1. The first-order chi connectivity index (χ1) is 10.3. The fourth-order valence-electron chi connectivity index (χ4n) is 2.17. The summed E-state index contributed by atoms with van der Waals surface area (Å²) in [7, 11) is 0. The molecular formula is C18H15NOS. The van der Waals surface area contributed by atoms with E-state index in [-0.39, 0.29) is 5.78 Å². The Morgan fingerprint density at radius 3 is 2.43 bits per heavy atom. The fourth-order valence-corrected chi connectivity index (χ4v) is 2.85. The summed E-state index contributed by atoms with van der Waals surface area (Å²) in [5.74, 6) is 0.0705. The van der Waals surface area contributed by atoms with Crippen LogP contribution in [0, 0.1) is 0 Å². The van der Waals surface area contributed by atoms with E-state index in [0.29, 0.717) is 6.54 Å². The molecule has 2 aromatic carbocycles. The Bertz CT molecular complexity index is 720. The molecule has 3 rings (SSSR count). The average molecular weight is 293 g/mol. The highest BCUT2D eigenvalue weighted by Crippen LogP contribution is 2.22. The van der Waals surface area contributed by atoms with Crippen molar-refractivity contribution in [2.75, 3.05) is 5.32 Å². The number of rotatable bonds is 5. The van der Waals surface area contributed by atoms with Gasteiger partial charge in [0.1, 0.15) is 0 Å². The van der Waals surface area contributed by atoms with Gasteiger partial charge in [-0.05, 0) is 29.1 Å². The predicted molar refractivity (Wildman–Crippen MR) is 88.0 cm³/mol. The number of carbonyl (C=O) groups is 1. The first-order valence-electron chi connectivity index (χ1n) is 6.79. The molecule has 0 amide bonds. The molecule has 1 aromatic heterocycles. The van der Waals surface area contributed by atoms with Gasteiger partial charge in [-0.25, -0.2) is 0 Å². The Hall–Kier alpha value is -2.39. The topological polar surface area (TPSA) is 29.1 Å². The van der Waals surface area contributed by atoms with Crippen molar-refractivity contribution in [2.45, 2.75) is 6.54 Å². The maximum Gasteiger partial charge on any atom is 0.205 e. The van der Waals surface area contributed by atoms with Crippen LogP contribution in [0.1, 0.15) is 20.8 Å². The second kappa shape index (κ2) is 6.37. The van der Waals surface area contributed by atoms with Crippen LogP contribution in [0.4, 0.5) is 5.69 Å². The van der Waals surface area contributed by atoms with Crippen molar-refractivity contribution in [2.24, 2.45) is 0 Å². The summed E-state index contributed by atoms with van der Waals surface area (Å²) in [6.07, 6.45) is 0. The summed E-state index contributed by atoms with van der Waals surface area (Å²) in [5.41, 5.74) is 2.78. The zero-order chi connectivity index (χ0) is 14.5. The van der Waals surface area contributed by atoms with Gasteiger partial charge in [-0.2, -0.15) is 0 Å². The van der Waals surface area contributed by atoms with E-state index >= 15 is 0 Å². The molecule has 0 saturated carbocycles. The normalized spacial score (nSPS) is 10.3. The molecule has 0 aliphatic rings. The minimum Gasteiger partial charge on any atom is -0.380 e. The third-order valence-corrected chi connectivity index (χ3v) is 4.11. The molecule has 0 aliphatic carbocycles. The van der Waals surface area contributed by atoms with Gasteiger partial charge < -0.3 is 5.32 Å². The van der Waals surface area contributed by atoms with Gasteiger partial charge in [0.25, 0.3) is 0 Å². The molecule has 0 unspecified atom stereocenters. The molecule has 0 radical (unpaired) electrons. The van der Waals surface area contributed by atoms with Gasteiger partial charge in [-0.1, -0.05) is 48.5 Å². The summed E-state index contributed by atoms with van der Waals surface area (Å²) < 4.78 is 0. The molecule has 0 spiro atoms. The standard InChI is InChI=1S/C18H15NOS/c20-18(17-11-6-12-21-17)15-9-4-5-10-16(15)19-13-14-7-2-1-3-8-14/h1-12,19H,13H2. The van der Waals surface area contributed by atoms with Crippen molar-refractivity contribution in [3.63, 3.8) is 0 Å². The van der Waals surface area contributed by atoms with E-state index in [4.69, 9.17) is 0 Å². The highest BCUT2D eigenvalue weighted by molar-refractivity contribution is 7.12. The van der Waals surface area contributed by atoms with Gasteiger partial charge >= 0.3 is 0 Å². The second-order valence-electron chi connectivity index (χ2n) is 4.69. The van der Waals surface area contributed by atoms with Crippen LogP contribution in [0.3, 0.4) is 0 Å². The zero-order valence-electron chi connectivity index (χ0n) is 11.5. The van der Waals surface area contributed by atoms with Crippen LogP contribution in [-0.4, -0.2) is 5.78 Å². The number of thiophene rings is 1. The maximum atomic E-state index is 12.5. The number of ketones is 1. The van der Waals surface area contributed by atoms with Crippen molar-refractivity contribution in [1.29, 1.82) is 0 Å². The summed E-state index contributed by atoms with van der Waals surface area (Å²) in [5, 5.41) is 5.28. The summed E-state index contributed by atoms with van der Waals surface area (Å²) >= 11 is 1.47. The lowest BCUT2D eigenvalue weighted by Crippen LogP contribution is -2.06. The number of carbonyl (C=O) groups excluding carboxylic acids is 1. The Labute approximate surface area is 128 Å². The highest BCUT2D eigenvalue weighted by Gasteiger charge is 2.13. The lowest BCUT2D eigenvalue weighted by Gasteiger charge is -2.11. The Morgan fingerprint density at radius 1 is 0.905 bits per heavy atom. The van der Waals surface area contributed by atoms with Gasteiger partial charge in [0, 0.05) is 17.8 Å². The van der Waals surface area contributed by atoms with Crippen LogP contribution < -0.4 is 5.32 Å². The van der Waals surface area contributed by atoms with E-state index in [9.17, 15) is 4.79 Å². The van der Waals surface area contributed by atoms with Crippen molar-refractivity contribution in [1.82, 2.24) is 0 Å². The number of benzene rings is 2. The monoisotopic (exact) mass is 293 g/mol. The molecule has 21 heavy (non-hydrogen) atoms. The van der Waals surface area contributed by atoms with E-state index in [0.717, 1.165) is 16.1 Å². The molecule has 0 bridgehead atoms. The van der Waals surface area contributed by atoms with Crippen LogP contribution in [-0.2, 0) is 6.54 Å². The molecule has 1 N–H and O–H groups in total. The molecule has 0 saturated heterocycles. The maximum absolute atomic E-state index is 12.5. The summed E-state index contributed by atoms with van der Waals surface area (Å²) in [6, 6.07) is 21.6. The second-order valence-corrected chi connectivity index (χ2v) is 5.64. The van der Waals surface area contributed by atoms with Crippen molar-refractivity contribution in [3.05, 3.63) is 88.1 Å². The average Bonchev–Trinajstić information content (AvgIpc) is 3.08. The first kappa shape index (κ1) is 13.6. The minimum absolute atomic E-state index is 0.0705. The number of hydrogen-bond acceptors (Lipinski definition) is 3. The fraction of sp³-hybridized carbons (Fsp3) is 0.0556. The van der Waals surface area contributed by atoms with E-state index < -0.39 is 0 Å². The van der Waals surface area contributed by atoms with Gasteiger partial charge in [0.05, 0.1) is 4.88 Å². The molecule has 2 nitrogen and oxygen atoms in total. The van der Waals surface area contributed by atoms with Gasteiger partial charge in [0.2, 0.25) is 5.78 Å². The van der Waals surface area contributed by atoms with Crippen molar-refractivity contribution in [3.8, 4) is 0 Å². The first-order valence-corrected chi connectivity index (χ1v) is 7.67. The Morgan fingerprint density at radius 2 is 1.67 bits per heavy atom. The van der Waals surface area contributed by atoms with Crippen molar-refractivity contribution >= 4 is 22.8 Å². The third-order valence-electron chi connectivity index (χ3n) is 3.24. The molecule has 3 heteroatoms. The van der Waals surface area contributed by atoms with Gasteiger partial charge in [-0.15, -0.1) is 11.3 Å².